The molecule has 1 amide bonds. The standard InChI is InChI=1S/C23H22FNO4/c24-19-9-5-15(6-10-19)21(26)16-7-11-20(12-8-16)29-23(28)18-2-1-13-25(14-18)22(27)17-3-4-17/h5-12,17-18H,1-4,13-14H2. The second kappa shape index (κ2) is 8.15. The molecule has 2 fully saturated rings. The summed E-state index contributed by atoms with van der Waals surface area (Å²) in [5, 5.41) is 0. The fourth-order valence-electron chi connectivity index (χ4n) is 3.60. The number of hydrogen-bond donors (Lipinski definition) is 0. The van der Waals surface area contributed by atoms with Crippen molar-refractivity contribution in [2.24, 2.45) is 11.8 Å². The van der Waals surface area contributed by atoms with Gasteiger partial charge in [-0.25, -0.2) is 4.39 Å². The van der Waals surface area contributed by atoms with Gasteiger partial charge in [-0.05, 0) is 74.2 Å². The molecule has 5 nitrogen and oxygen atoms in total. The van der Waals surface area contributed by atoms with Crippen LogP contribution in [0.15, 0.2) is 48.5 Å². The third-order valence-corrected chi connectivity index (χ3v) is 5.43. The topological polar surface area (TPSA) is 63.7 Å². The van der Waals surface area contributed by atoms with Crippen molar-refractivity contribution in [1.29, 1.82) is 0 Å². The number of carbonyl (C=O) groups excluding carboxylic acids is 3. The summed E-state index contributed by atoms with van der Waals surface area (Å²) in [6.45, 7) is 1.12. The summed E-state index contributed by atoms with van der Waals surface area (Å²) in [6, 6.07) is 11.7. The lowest BCUT2D eigenvalue weighted by atomic mass is 9.97. The van der Waals surface area contributed by atoms with Crippen LogP contribution in [0, 0.1) is 17.7 Å². The van der Waals surface area contributed by atoms with Gasteiger partial charge in [0.1, 0.15) is 11.6 Å². The van der Waals surface area contributed by atoms with Crippen LogP contribution in [-0.2, 0) is 9.59 Å². The fourth-order valence-corrected chi connectivity index (χ4v) is 3.60. The second-order valence-electron chi connectivity index (χ2n) is 7.68. The molecule has 0 bridgehead atoms. The zero-order chi connectivity index (χ0) is 20.4. The van der Waals surface area contributed by atoms with Crippen LogP contribution in [-0.4, -0.2) is 35.6 Å². The molecule has 6 heteroatoms. The van der Waals surface area contributed by atoms with Gasteiger partial charge in [0, 0.05) is 30.1 Å². The molecule has 0 spiro atoms. The van der Waals surface area contributed by atoms with Gasteiger partial charge in [-0.2, -0.15) is 0 Å². The molecule has 2 aromatic rings. The Balaban J connectivity index is 1.36. The number of halogens is 1. The first-order valence-corrected chi connectivity index (χ1v) is 9.92. The lowest BCUT2D eigenvalue weighted by Gasteiger charge is -2.31. The Labute approximate surface area is 168 Å². The van der Waals surface area contributed by atoms with E-state index in [0.29, 0.717) is 36.4 Å². The molecule has 1 heterocycles. The van der Waals surface area contributed by atoms with Crippen molar-refractivity contribution in [3.05, 3.63) is 65.5 Å². The summed E-state index contributed by atoms with van der Waals surface area (Å²) in [5.74, 6) is -0.644. The number of esters is 1. The molecule has 1 unspecified atom stereocenters. The third kappa shape index (κ3) is 4.53. The predicted octanol–water partition coefficient (Wildman–Crippen LogP) is 3.61. The first-order chi connectivity index (χ1) is 14.0. The van der Waals surface area contributed by atoms with Gasteiger partial charge in [0.2, 0.25) is 5.91 Å². The van der Waals surface area contributed by atoms with Crippen LogP contribution in [0.2, 0.25) is 0 Å². The first kappa shape index (κ1) is 19.3. The van der Waals surface area contributed by atoms with Crippen LogP contribution in [0.25, 0.3) is 0 Å². The highest BCUT2D eigenvalue weighted by atomic mass is 19.1. The number of benzene rings is 2. The number of nitrogens with zero attached hydrogens (tertiary/aromatic N) is 1. The smallest absolute Gasteiger partial charge is 0.316 e. The minimum atomic E-state index is -0.399. The van der Waals surface area contributed by atoms with Crippen molar-refractivity contribution in [2.45, 2.75) is 25.7 Å². The normalized spacial score (nSPS) is 18.9. The summed E-state index contributed by atoms with van der Waals surface area (Å²) in [4.78, 5) is 39.0. The van der Waals surface area contributed by atoms with Crippen molar-refractivity contribution in [3.8, 4) is 5.75 Å². The summed E-state index contributed by atoms with van der Waals surface area (Å²) in [5.41, 5.74) is 0.814. The van der Waals surface area contributed by atoms with Gasteiger partial charge in [0.05, 0.1) is 5.92 Å². The molecular formula is C23H22FNO4. The van der Waals surface area contributed by atoms with E-state index < -0.39 is 5.82 Å². The number of carbonyl (C=O) groups is 3. The van der Waals surface area contributed by atoms with Crippen molar-refractivity contribution in [3.63, 3.8) is 0 Å². The van der Waals surface area contributed by atoms with Gasteiger partial charge in [-0.15, -0.1) is 0 Å². The fraction of sp³-hybridized carbons (Fsp3) is 0.348. The number of piperidine rings is 1. The Bertz CT molecular complexity index is 919. The van der Waals surface area contributed by atoms with Gasteiger partial charge in [-0.3, -0.25) is 14.4 Å². The molecule has 0 aromatic heterocycles. The summed E-state index contributed by atoms with van der Waals surface area (Å²) < 4.78 is 18.5. The molecule has 2 aliphatic rings. The van der Waals surface area contributed by atoms with E-state index in [1.54, 1.807) is 29.2 Å². The van der Waals surface area contributed by atoms with E-state index in [4.69, 9.17) is 4.74 Å². The van der Waals surface area contributed by atoms with E-state index in [1.807, 2.05) is 0 Å². The first-order valence-electron chi connectivity index (χ1n) is 9.92. The molecule has 0 N–H and O–H groups in total. The van der Waals surface area contributed by atoms with Crippen LogP contribution in [0.3, 0.4) is 0 Å². The molecular weight excluding hydrogens is 373 g/mol. The van der Waals surface area contributed by atoms with Gasteiger partial charge >= 0.3 is 5.97 Å². The van der Waals surface area contributed by atoms with Gasteiger partial charge < -0.3 is 9.64 Å². The van der Waals surface area contributed by atoms with E-state index in [2.05, 4.69) is 0 Å². The molecule has 1 aliphatic carbocycles. The Morgan fingerprint density at radius 3 is 2.10 bits per heavy atom. The zero-order valence-electron chi connectivity index (χ0n) is 16.0. The second-order valence-corrected chi connectivity index (χ2v) is 7.68. The SMILES string of the molecule is O=C(c1ccc(F)cc1)c1ccc(OC(=O)C2CCCN(C(=O)C3CC3)C2)cc1. The van der Waals surface area contributed by atoms with Gasteiger partial charge in [-0.1, -0.05) is 0 Å². The van der Waals surface area contributed by atoms with Crippen LogP contribution in [0.5, 0.6) is 5.75 Å². The largest absolute Gasteiger partial charge is 0.426 e. The lowest BCUT2D eigenvalue weighted by molar-refractivity contribution is -0.143. The van der Waals surface area contributed by atoms with Crippen molar-refractivity contribution in [1.82, 2.24) is 4.90 Å². The lowest BCUT2D eigenvalue weighted by Crippen LogP contribution is -2.44. The van der Waals surface area contributed by atoms with Crippen LogP contribution >= 0.6 is 0 Å². The Hall–Kier alpha value is -3.02. The number of rotatable bonds is 5. The molecule has 0 radical (unpaired) electrons. The maximum Gasteiger partial charge on any atom is 0.316 e. The van der Waals surface area contributed by atoms with Crippen molar-refractivity contribution in [2.75, 3.05) is 13.1 Å². The number of hydrogen-bond acceptors (Lipinski definition) is 4. The molecule has 1 aliphatic heterocycles. The highest BCUT2D eigenvalue weighted by Gasteiger charge is 2.37. The minimum absolute atomic E-state index is 0.149. The third-order valence-electron chi connectivity index (χ3n) is 5.43. The molecule has 150 valence electrons. The van der Waals surface area contributed by atoms with Gasteiger partial charge in [0.15, 0.2) is 5.78 Å². The maximum absolute atomic E-state index is 13.0. The average molecular weight is 395 g/mol. The predicted molar refractivity (Wildman–Crippen MR) is 104 cm³/mol. The molecule has 1 saturated carbocycles. The molecule has 4 rings (SSSR count). The maximum atomic E-state index is 13.0. The molecule has 1 atom stereocenters. The van der Waals surface area contributed by atoms with E-state index in [1.165, 1.54) is 24.3 Å². The molecule has 1 saturated heterocycles. The quantitative estimate of drug-likeness (QED) is 0.441. The average Bonchev–Trinajstić information content (AvgIpc) is 3.59. The van der Waals surface area contributed by atoms with E-state index in [-0.39, 0.29) is 29.5 Å². The Morgan fingerprint density at radius 2 is 1.48 bits per heavy atom. The van der Waals surface area contributed by atoms with E-state index in [0.717, 1.165) is 19.3 Å². The monoisotopic (exact) mass is 395 g/mol. The molecule has 2 aromatic carbocycles. The van der Waals surface area contributed by atoms with Crippen molar-refractivity contribution >= 4 is 17.7 Å². The summed E-state index contributed by atoms with van der Waals surface area (Å²) in [6.07, 6.45) is 3.40. The summed E-state index contributed by atoms with van der Waals surface area (Å²) in [7, 11) is 0. The van der Waals surface area contributed by atoms with Crippen molar-refractivity contribution < 1.29 is 23.5 Å². The summed E-state index contributed by atoms with van der Waals surface area (Å²) >= 11 is 0. The van der Waals surface area contributed by atoms with Crippen LogP contribution in [0.1, 0.15) is 41.6 Å². The number of ketones is 1. The number of likely N-dealkylation sites (tertiary alicyclic amines) is 1. The highest BCUT2D eigenvalue weighted by molar-refractivity contribution is 6.09. The van der Waals surface area contributed by atoms with E-state index >= 15 is 0 Å². The zero-order valence-corrected chi connectivity index (χ0v) is 16.0. The number of ether oxygens (including phenoxy) is 1. The number of amides is 1. The minimum Gasteiger partial charge on any atom is -0.426 e. The van der Waals surface area contributed by atoms with Crippen LogP contribution in [0.4, 0.5) is 4.39 Å². The molecule has 29 heavy (non-hydrogen) atoms. The van der Waals surface area contributed by atoms with Gasteiger partial charge in [0.25, 0.3) is 0 Å². The Morgan fingerprint density at radius 1 is 0.862 bits per heavy atom. The highest BCUT2D eigenvalue weighted by Crippen LogP contribution is 2.32. The van der Waals surface area contributed by atoms with E-state index in [9.17, 15) is 18.8 Å². The Kier molecular flexibility index (Phi) is 5.43. The van der Waals surface area contributed by atoms with Crippen LogP contribution < -0.4 is 4.74 Å².